The quantitative estimate of drug-likeness (QED) is 0.573. The molecule has 0 fully saturated rings. The minimum absolute atomic E-state index is 0.0124. The molecule has 2 aromatic carbocycles. The predicted molar refractivity (Wildman–Crippen MR) is 99.6 cm³/mol. The van der Waals surface area contributed by atoms with E-state index in [1.807, 2.05) is 0 Å². The van der Waals surface area contributed by atoms with E-state index in [4.69, 9.17) is 0 Å². The van der Waals surface area contributed by atoms with Gasteiger partial charge < -0.3 is 4.52 Å². The van der Waals surface area contributed by atoms with Gasteiger partial charge in [-0.2, -0.15) is 18.2 Å². The van der Waals surface area contributed by atoms with Gasteiger partial charge in [0.2, 0.25) is 0 Å². The van der Waals surface area contributed by atoms with Crippen LogP contribution < -0.4 is 4.72 Å². The van der Waals surface area contributed by atoms with Crippen LogP contribution in [0.15, 0.2) is 62.4 Å². The van der Waals surface area contributed by atoms with Crippen LogP contribution in [0.25, 0.3) is 12.2 Å². The summed E-state index contributed by atoms with van der Waals surface area (Å²) < 4.78 is 69.8. The van der Waals surface area contributed by atoms with Crippen molar-refractivity contribution in [3.63, 3.8) is 0 Å². The van der Waals surface area contributed by atoms with Gasteiger partial charge in [0.25, 0.3) is 10.0 Å². The summed E-state index contributed by atoms with van der Waals surface area (Å²) in [7, 11) is -3.84. The molecular formula is C17H11BrF3N3O3S. The molecule has 0 unspecified atom stereocenters. The van der Waals surface area contributed by atoms with Crippen molar-refractivity contribution in [2.45, 2.75) is 11.1 Å². The largest absolute Gasteiger partial charge is 0.471 e. The van der Waals surface area contributed by atoms with E-state index in [9.17, 15) is 21.6 Å². The average molecular weight is 474 g/mol. The first kappa shape index (κ1) is 20.1. The summed E-state index contributed by atoms with van der Waals surface area (Å²) >= 11 is 3.26. The van der Waals surface area contributed by atoms with Crippen molar-refractivity contribution < 1.29 is 26.1 Å². The first-order valence-electron chi connectivity index (χ1n) is 7.61. The van der Waals surface area contributed by atoms with E-state index in [1.165, 1.54) is 30.4 Å². The van der Waals surface area contributed by atoms with Crippen LogP contribution in [0.1, 0.15) is 17.3 Å². The number of benzene rings is 2. The van der Waals surface area contributed by atoms with Crippen LogP contribution in [0.4, 0.5) is 18.9 Å². The maximum absolute atomic E-state index is 12.5. The summed E-state index contributed by atoms with van der Waals surface area (Å²) in [4.78, 5) is 3.19. The highest BCUT2D eigenvalue weighted by Gasteiger charge is 2.38. The molecule has 3 rings (SSSR count). The molecule has 0 saturated carbocycles. The highest BCUT2D eigenvalue weighted by atomic mass is 79.9. The van der Waals surface area contributed by atoms with Crippen LogP contribution in [0, 0.1) is 0 Å². The smallest absolute Gasteiger partial charge is 0.329 e. The monoisotopic (exact) mass is 473 g/mol. The topological polar surface area (TPSA) is 85.1 Å². The molecule has 1 heterocycles. The van der Waals surface area contributed by atoms with E-state index >= 15 is 0 Å². The molecule has 0 aliphatic heterocycles. The van der Waals surface area contributed by atoms with Crippen molar-refractivity contribution >= 4 is 43.8 Å². The SMILES string of the molecule is O=S(=O)(Nc1ccc(Br)cc1)c1cccc(/C=C/c2noc(C(F)(F)F)n2)c1. The van der Waals surface area contributed by atoms with Crippen LogP contribution in [0.5, 0.6) is 0 Å². The number of rotatable bonds is 5. The molecule has 11 heteroatoms. The molecule has 1 N–H and O–H groups in total. The fourth-order valence-electron chi connectivity index (χ4n) is 2.11. The fraction of sp³-hybridized carbons (Fsp3) is 0.0588. The molecule has 1 aromatic heterocycles. The van der Waals surface area contributed by atoms with Gasteiger partial charge in [0.05, 0.1) is 4.90 Å². The highest BCUT2D eigenvalue weighted by molar-refractivity contribution is 9.10. The molecule has 0 saturated heterocycles. The lowest BCUT2D eigenvalue weighted by Gasteiger charge is -2.08. The Morgan fingerprint density at radius 2 is 1.79 bits per heavy atom. The summed E-state index contributed by atoms with van der Waals surface area (Å²) in [6.45, 7) is 0. The third-order valence-corrected chi connectivity index (χ3v) is 5.28. The second-order valence-electron chi connectivity index (χ2n) is 5.47. The molecule has 0 amide bonds. The lowest BCUT2D eigenvalue weighted by atomic mass is 10.2. The number of hydrogen-bond acceptors (Lipinski definition) is 5. The molecule has 146 valence electrons. The second kappa shape index (κ2) is 7.76. The van der Waals surface area contributed by atoms with Crippen LogP contribution in [-0.2, 0) is 16.2 Å². The molecule has 0 atom stereocenters. The van der Waals surface area contributed by atoms with Gasteiger partial charge in [-0.15, -0.1) is 0 Å². The lowest BCUT2D eigenvalue weighted by molar-refractivity contribution is -0.159. The number of hydrogen-bond donors (Lipinski definition) is 1. The van der Waals surface area contributed by atoms with Gasteiger partial charge in [0.1, 0.15) is 0 Å². The Morgan fingerprint density at radius 3 is 2.43 bits per heavy atom. The van der Waals surface area contributed by atoms with E-state index in [0.29, 0.717) is 11.3 Å². The average Bonchev–Trinajstić information content (AvgIpc) is 3.12. The zero-order valence-electron chi connectivity index (χ0n) is 13.8. The highest BCUT2D eigenvalue weighted by Crippen LogP contribution is 2.27. The van der Waals surface area contributed by atoms with Crippen LogP contribution in [0.3, 0.4) is 0 Å². The Balaban J connectivity index is 1.79. The van der Waals surface area contributed by atoms with Gasteiger partial charge in [-0.05, 0) is 48.0 Å². The normalized spacial score (nSPS) is 12.4. The van der Waals surface area contributed by atoms with Crippen molar-refractivity contribution in [3.8, 4) is 0 Å². The van der Waals surface area contributed by atoms with Crippen LogP contribution in [-0.4, -0.2) is 18.6 Å². The van der Waals surface area contributed by atoms with Gasteiger partial charge in [-0.3, -0.25) is 4.72 Å². The molecule has 0 bridgehead atoms. The Kier molecular flexibility index (Phi) is 5.57. The maximum Gasteiger partial charge on any atom is 0.471 e. The molecular weight excluding hydrogens is 463 g/mol. The van der Waals surface area contributed by atoms with Crippen LogP contribution >= 0.6 is 15.9 Å². The third-order valence-electron chi connectivity index (χ3n) is 3.37. The van der Waals surface area contributed by atoms with Gasteiger partial charge in [-0.25, -0.2) is 8.42 Å². The molecule has 6 nitrogen and oxygen atoms in total. The summed E-state index contributed by atoms with van der Waals surface area (Å²) in [5.74, 6) is -1.74. The van der Waals surface area contributed by atoms with E-state index in [0.717, 1.165) is 4.47 Å². The van der Waals surface area contributed by atoms with Crippen molar-refractivity contribution in [2.75, 3.05) is 4.72 Å². The number of halogens is 4. The van der Waals surface area contributed by atoms with E-state index in [-0.39, 0.29) is 10.7 Å². The van der Waals surface area contributed by atoms with Gasteiger partial charge in [0.15, 0.2) is 5.82 Å². The Hall–Kier alpha value is -2.66. The zero-order valence-corrected chi connectivity index (χ0v) is 16.2. The van der Waals surface area contributed by atoms with Gasteiger partial charge in [-0.1, -0.05) is 39.3 Å². The number of nitrogens with zero attached hydrogens (tertiary/aromatic N) is 2. The van der Waals surface area contributed by atoms with E-state index < -0.39 is 22.1 Å². The minimum atomic E-state index is -4.73. The molecule has 0 radical (unpaired) electrons. The first-order chi connectivity index (χ1) is 13.1. The lowest BCUT2D eigenvalue weighted by Crippen LogP contribution is -2.12. The number of anilines is 1. The van der Waals surface area contributed by atoms with Gasteiger partial charge in [0, 0.05) is 10.2 Å². The molecule has 0 aliphatic rings. The zero-order chi connectivity index (χ0) is 20.4. The van der Waals surface area contributed by atoms with Crippen molar-refractivity contribution in [3.05, 3.63) is 70.3 Å². The summed E-state index contributed by atoms with van der Waals surface area (Å²) in [5.41, 5.74) is 0.813. The molecule has 3 aromatic rings. The molecule has 0 spiro atoms. The van der Waals surface area contributed by atoms with E-state index in [1.54, 1.807) is 30.3 Å². The van der Waals surface area contributed by atoms with Crippen LogP contribution in [0.2, 0.25) is 0 Å². The number of alkyl halides is 3. The van der Waals surface area contributed by atoms with Crippen molar-refractivity contribution in [2.24, 2.45) is 0 Å². The Morgan fingerprint density at radius 1 is 1.07 bits per heavy atom. The fourth-order valence-corrected chi connectivity index (χ4v) is 3.48. The maximum atomic E-state index is 12.5. The number of nitrogens with one attached hydrogen (secondary N) is 1. The molecule has 0 aliphatic carbocycles. The molecule has 28 heavy (non-hydrogen) atoms. The number of sulfonamides is 1. The summed E-state index contributed by atoms with van der Waals surface area (Å²) in [5, 5.41) is 3.20. The van der Waals surface area contributed by atoms with Crippen molar-refractivity contribution in [1.82, 2.24) is 10.1 Å². The Bertz CT molecular complexity index is 1110. The standard InChI is InChI=1S/C17H11BrF3N3O3S/c18-12-5-7-13(8-6-12)24-28(25,26)14-3-1-2-11(10-14)4-9-15-22-16(27-23-15)17(19,20)21/h1-10,24H/b9-4+. The van der Waals surface area contributed by atoms with Gasteiger partial charge >= 0.3 is 12.1 Å². The summed E-state index contributed by atoms with van der Waals surface area (Å²) in [6.07, 6.45) is -2.16. The number of aromatic nitrogens is 2. The second-order valence-corrected chi connectivity index (χ2v) is 8.07. The minimum Gasteiger partial charge on any atom is -0.329 e. The van der Waals surface area contributed by atoms with Crippen molar-refractivity contribution in [1.29, 1.82) is 0 Å². The van der Waals surface area contributed by atoms with E-state index in [2.05, 4.69) is 35.3 Å². The Labute approximate surface area is 166 Å². The first-order valence-corrected chi connectivity index (χ1v) is 9.88. The third kappa shape index (κ3) is 4.98. The summed E-state index contributed by atoms with van der Waals surface area (Å²) in [6, 6.07) is 12.4. The predicted octanol–water partition coefficient (Wildman–Crippen LogP) is 4.82.